The molecule has 0 bridgehead atoms. The van der Waals surface area contributed by atoms with Crippen molar-refractivity contribution in [2.75, 3.05) is 24.4 Å². The van der Waals surface area contributed by atoms with E-state index in [9.17, 15) is 13.5 Å². The van der Waals surface area contributed by atoms with Crippen LogP contribution in [0, 0.1) is 13.8 Å². The van der Waals surface area contributed by atoms with Gasteiger partial charge in [0.05, 0.1) is 11.0 Å². The van der Waals surface area contributed by atoms with Crippen molar-refractivity contribution >= 4 is 26.6 Å². The van der Waals surface area contributed by atoms with Gasteiger partial charge in [-0.15, -0.1) is 0 Å². The number of ether oxygens (including phenoxy) is 1. The lowest BCUT2D eigenvalue weighted by Crippen LogP contribution is -2.26. The molecule has 0 aliphatic carbocycles. The molecule has 0 aliphatic rings. The smallest absolute Gasteiger partial charge is 0.261 e. The number of hydrogen-bond acceptors (Lipinski definition) is 5. The molecule has 34 heavy (non-hydrogen) atoms. The highest BCUT2D eigenvalue weighted by Crippen LogP contribution is 2.25. The first-order valence-corrected chi connectivity index (χ1v) is 12.6. The number of aliphatic hydroxyl groups is 1. The third-order valence-electron chi connectivity index (χ3n) is 5.74. The van der Waals surface area contributed by atoms with Gasteiger partial charge in [-0.05, 0) is 61.4 Å². The molecular formula is C26H29N3O4S. The standard InChI is InChI=1S/C26H29N3O4S/c1-18-19(2)28-25-16-22(11-12-24(18)25)33-14-13-27-17-26(30)20-7-6-8-21(15-20)29-34(31,32)23-9-4-3-5-10-23/h3-12,15-16,26-30H,13-14,17H2,1-2H3. The highest BCUT2D eigenvalue weighted by Gasteiger charge is 2.15. The fraction of sp³-hybridized carbons (Fsp3) is 0.231. The van der Waals surface area contributed by atoms with Crippen molar-refractivity contribution in [3.05, 3.63) is 89.6 Å². The number of aromatic nitrogens is 1. The zero-order valence-corrected chi connectivity index (χ0v) is 20.0. The van der Waals surface area contributed by atoms with Gasteiger partial charge in [-0.25, -0.2) is 8.42 Å². The SMILES string of the molecule is Cc1[nH]c2cc(OCCNCC(O)c3cccc(NS(=O)(=O)c4ccccc4)c3)ccc2c1C. The summed E-state index contributed by atoms with van der Waals surface area (Å²) in [5.41, 5.74) is 4.46. The molecule has 4 aromatic rings. The molecule has 1 atom stereocenters. The molecule has 4 N–H and O–H groups in total. The van der Waals surface area contributed by atoms with Crippen molar-refractivity contribution in [1.29, 1.82) is 0 Å². The van der Waals surface area contributed by atoms with E-state index >= 15 is 0 Å². The average Bonchev–Trinajstić information content (AvgIpc) is 3.12. The summed E-state index contributed by atoms with van der Waals surface area (Å²) in [4.78, 5) is 3.54. The van der Waals surface area contributed by atoms with Crippen LogP contribution in [0.1, 0.15) is 22.9 Å². The van der Waals surface area contributed by atoms with E-state index < -0.39 is 16.1 Å². The number of nitrogens with one attached hydrogen (secondary N) is 3. The van der Waals surface area contributed by atoms with E-state index in [1.807, 2.05) is 12.1 Å². The molecule has 0 radical (unpaired) electrons. The number of hydrogen-bond donors (Lipinski definition) is 4. The summed E-state index contributed by atoms with van der Waals surface area (Å²) in [6, 6.07) is 20.9. The van der Waals surface area contributed by atoms with Gasteiger partial charge >= 0.3 is 0 Å². The lowest BCUT2D eigenvalue weighted by Gasteiger charge is -2.15. The summed E-state index contributed by atoms with van der Waals surface area (Å²) in [5.74, 6) is 0.787. The van der Waals surface area contributed by atoms with E-state index in [-0.39, 0.29) is 4.90 Å². The first kappa shape index (κ1) is 23.8. The van der Waals surface area contributed by atoms with Crippen molar-refractivity contribution in [3.63, 3.8) is 0 Å². The lowest BCUT2D eigenvalue weighted by atomic mass is 10.1. The summed E-state index contributed by atoms with van der Waals surface area (Å²) in [6.07, 6.45) is -0.789. The van der Waals surface area contributed by atoms with Gasteiger partial charge in [0.25, 0.3) is 10.0 Å². The Labute approximate surface area is 199 Å². The molecular weight excluding hydrogens is 450 g/mol. The molecule has 0 amide bonds. The number of aryl methyl sites for hydroxylation is 2. The predicted molar refractivity (Wildman–Crippen MR) is 135 cm³/mol. The van der Waals surface area contributed by atoms with E-state index in [1.165, 1.54) is 23.1 Å². The fourth-order valence-electron chi connectivity index (χ4n) is 3.76. The number of rotatable bonds is 10. The Morgan fingerprint density at radius 2 is 1.79 bits per heavy atom. The third-order valence-corrected chi connectivity index (χ3v) is 7.14. The highest BCUT2D eigenvalue weighted by atomic mass is 32.2. The van der Waals surface area contributed by atoms with Crippen LogP contribution in [0.2, 0.25) is 0 Å². The highest BCUT2D eigenvalue weighted by molar-refractivity contribution is 7.92. The molecule has 7 nitrogen and oxygen atoms in total. The molecule has 0 fully saturated rings. The second-order valence-corrected chi connectivity index (χ2v) is 9.88. The first-order valence-electron chi connectivity index (χ1n) is 11.1. The van der Waals surface area contributed by atoms with Crippen LogP contribution in [0.25, 0.3) is 10.9 Å². The molecule has 1 aromatic heterocycles. The van der Waals surface area contributed by atoms with Gasteiger partial charge < -0.3 is 20.1 Å². The average molecular weight is 480 g/mol. The minimum atomic E-state index is -3.69. The summed E-state index contributed by atoms with van der Waals surface area (Å²) in [7, 11) is -3.69. The topological polar surface area (TPSA) is 103 Å². The summed E-state index contributed by atoms with van der Waals surface area (Å²) < 4.78 is 33.4. The summed E-state index contributed by atoms with van der Waals surface area (Å²) in [5, 5.41) is 14.9. The maximum atomic E-state index is 12.5. The number of fused-ring (bicyclic) bond motifs is 1. The Balaban J connectivity index is 1.27. The number of aromatic amines is 1. The molecule has 4 rings (SSSR count). The van der Waals surface area contributed by atoms with E-state index in [2.05, 4.69) is 34.9 Å². The molecule has 0 saturated heterocycles. The summed E-state index contributed by atoms with van der Waals surface area (Å²) >= 11 is 0. The van der Waals surface area contributed by atoms with Gasteiger partial charge in [0.2, 0.25) is 0 Å². The van der Waals surface area contributed by atoms with Gasteiger partial charge in [0.15, 0.2) is 0 Å². The third kappa shape index (κ3) is 5.59. The van der Waals surface area contributed by atoms with E-state index in [0.29, 0.717) is 30.9 Å². The minimum Gasteiger partial charge on any atom is -0.492 e. The van der Waals surface area contributed by atoms with Crippen LogP contribution in [-0.2, 0) is 10.0 Å². The fourth-order valence-corrected chi connectivity index (χ4v) is 4.83. The quantitative estimate of drug-likeness (QED) is 0.254. The second kappa shape index (κ2) is 10.3. The number of benzene rings is 3. The van der Waals surface area contributed by atoms with Crippen LogP contribution in [-0.4, -0.2) is 38.2 Å². The molecule has 0 saturated carbocycles. The van der Waals surface area contributed by atoms with Gasteiger partial charge in [0, 0.05) is 41.4 Å². The molecule has 8 heteroatoms. The second-order valence-electron chi connectivity index (χ2n) is 8.19. The normalized spacial score (nSPS) is 12.6. The first-order chi connectivity index (χ1) is 16.3. The van der Waals surface area contributed by atoms with Crippen molar-refractivity contribution < 1.29 is 18.3 Å². The lowest BCUT2D eigenvalue weighted by molar-refractivity contribution is 0.172. The number of anilines is 1. The Bertz CT molecular complexity index is 1370. The molecule has 178 valence electrons. The van der Waals surface area contributed by atoms with Crippen LogP contribution >= 0.6 is 0 Å². The Hall–Kier alpha value is -3.33. The number of aliphatic hydroxyl groups excluding tert-OH is 1. The predicted octanol–water partition coefficient (Wildman–Crippen LogP) is 4.29. The largest absolute Gasteiger partial charge is 0.492 e. The van der Waals surface area contributed by atoms with Gasteiger partial charge in [-0.2, -0.15) is 0 Å². The minimum absolute atomic E-state index is 0.184. The van der Waals surface area contributed by atoms with Crippen LogP contribution in [0.3, 0.4) is 0 Å². The van der Waals surface area contributed by atoms with Crippen LogP contribution in [0.5, 0.6) is 5.75 Å². The van der Waals surface area contributed by atoms with Crippen molar-refractivity contribution in [2.24, 2.45) is 0 Å². The maximum absolute atomic E-state index is 12.5. The van der Waals surface area contributed by atoms with Gasteiger partial charge in [-0.1, -0.05) is 30.3 Å². The molecule has 3 aromatic carbocycles. The van der Waals surface area contributed by atoms with Crippen molar-refractivity contribution in [2.45, 2.75) is 24.8 Å². The van der Waals surface area contributed by atoms with Crippen LogP contribution in [0.15, 0.2) is 77.7 Å². The van der Waals surface area contributed by atoms with Gasteiger partial charge in [-0.3, -0.25) is 4.72 Å². The zero-order valence-electron chi connectivity index (χ0n) is 19.2. The van der Waals surface area contributed by atoms with Crippen LogP contribution in [0.4, 0.5) is 5.69 Å². The van der Waals surface area contributed by atoms with Crippen molar-refractivity contribution in [1.82, 2.24) is 10.3 Å². The Morgan fingerprint density at radius 1 is 1.00 bits per heavy atom. The molecule has 0 aliphatic heterocycles. The molecule has 1 unspecified atom stereocenters. The van der Waals surface area contributed by atoms with Gasteiger partial charge in [0.1, 0.15) is 12.4 Å². The molecule has 1 heterocycles. The van der Waals surface area contributed by atoms with E-state index in [0.717, 1.165) is 17.0 Å². The Kier molecular flexibility index (Phi) is 7.21. The van der Waals surface area contributed by atoms with Crippen molar-refractivity contribution in [3.8, 4) is 5.75 Å². The van der Waals surface area contributed by atoms with E-state index in [1.54, 1.807) is 42.5 Å². The maximum Gasteiger partial charge on any atom is 0.261 e. The monoisotopic (exact) mass is 479 g/mol. The summed E-state index contributed by atoms with van der Waals surface area (Å²) in [6.45, 7) is 5.47. The Morgan fingerprint density at radius 3 is 2.59 bits per heavy atom. The number of H-pyrrole nitrogens is 1. The zero-order chi connectivity index (χ0) is 24.1. The molecule has 0 spiro atoms. The van der Waals surface area contributed by atoms with Crippen LogP contribution < -0.4 is 14.8 Å². The van der Waals surface area contributed by atoms with E-state index in [4.69, 9.17) is 4.74 Å². The number of sulfonamides is 1.